The summed E-state index contributed by atoms with van der Waals surface area (Å²) in [5.74, 6) is 0. The van der Waals surface area contributed by atoms with Crippen LogP contribution in [0.3, 0.4) is 0 Å². The van der Waals surface area contributed by atoms with E-state index in [1.54, 1.807) is 0 Å². The molecule has 146 valence electrons. The first-order valence-corrected chi connectivity index (χ1v) is 13.0. The molecule has 0 aliphatic heterocycles. The summed E-state index contributed by atoms with van der Waals surface area (Å²) < 4.78 is 28.5. The lowest BCUT2D eigenvalue weighted by Crippen LogP contribution is -2.16. The molecule has 0 heterocycles. The van der Waals surface area contributed by atoms with E-state index >= 15 is 0 Å². The van der Waals surface area contributed by atoms with Crippen LogP contribution < -0.4 is 21.2 Å². The summed E-state index contributed by atoms with van der Waals surface area (Å²) in [6.07, 6.45) is 0. The normalized spacial score (nSPS) is 11.3. The van der Waals surface area contributed by atoms with Crippen LogP contribution in [0.2, 0.25) is 0 Å². The molecular formula is C26H20O2P2. The average Bonchev–Trinajstić information content (AvgIpc) is 2.84. The Bertz CT molecular complexity index is 1090. The molecule has 30 heavy (non-hydrogen) atoms. The predicted molar refractivity (Wildman–Crippen MR) is 127 cm³/mol. The van der Waals surface area contributed by atoms with Gasteiger partial charge < -0.3 is 0 Å². The van der Waals surface area contributed by atoms with E-state index in [0.29, 0.717) is 21.2 Å². The Kier molecular flexibility index (Phi) is 5.87. The highest BCUT2D eigenvalue weighted by Crippen LogP contribution is 2.47. The van der Waals surface area contributed by atoms with E-state index in [0.717, 1.165) is 0 Å². The van der Waals surface area contributed by atoms with Gasteiger partial charge >= 0.3 is 0 Å². The molecule has 0 fully saturated rings. The molecule has 0 unspecified atom stereocenters. The Balaban J connectivity index is 1.94. The SMILES string of the molecule is O=P(C#CP(=O)(c1ccccc1)c1ccccc1)(c1ccccc1)c1ccccc1. The summed E-state index contributed by atoms with van der Waals surface area (Å²) in [6, 6.07) is 36.8. The minimum absolute atomic E-state index is 0.636. The van der Waals surface area contributed by atoms with Crippen molar-refractivity contribution in [1.29, 1.82) is 0 Å². The lowest BCUT2D eigenvalue weighted by molar-refractivity contribution is 0.591. The van der Waals surface area contributed by atoms with Crippen molar-refractivity contribution >= 4 is 35.5 Å². The molecule has 0 bridgehead atoms. The third kappa shape index (κ3) is 3.96. The van der Waals surface area contributed by atoms with Gasteiger partial charge in [0.15, 0.2) is 0 Å². The van der Waals surface area contributed by atoms with Crippen LogP contribution in [0.1, 0.15) is 0 Å². The van der Waals surface area contributed by atoms with Gasteiger partial charge in [-0.25, -0.2) is 0 Å². The van der Waals surface area contributed by atoms with Crippen LogP contribution in [0.5, 0.6) is 0 Å². The zero-order valence-electron chi connectivity index (χ0n) is 16.3. The largest absolute Gasteiger partial charge is 0.300 e. The zero-order chi connectivity index (χ0) is 20.9. The minimum atomic E-state index is -3.29. The van der Waals surface area contributed by atoms with Crippen molar-refractivity contribution in [2.75, 3.05) is 0 Å². The standard InChI is InChI=1S/C26H20O2P2/c27-29(23-13-5-1-6-14-23,24-15-7-2-8-16-24)21-22-30(28,25-17-9-3-10-18-25)26-19-11-4-12-20-26/h1-20H. The first-order chi connectivity index (χ1) is 14.6. The van der Waals surface area contributed by atoms with E-state index in [2.05, 4.69) is 11.3 Å². The van der Waals surface area contributed by atoms with Gasteiger partial charge in [-0.3, -0.25) is 9.13 Å². The van der Waals surface area contributed by atoms with Crippen molar-refractivity contribution in [2.45, 2.75) is 0 Å². The van der Waals surface area contributed by atoms with Crippen LogP contribution in [0.15, 0.2) is 121 Å². The predicted octanol–water partition coefficient (Wildman–Crippen LogP) is 4.93. The molecule has 0 aliphatic carbocycles. The highest BCUT2D eigenvalue weighted by Gasteiger charge is 2.29. The quantitative estimate of drug-likeness (QED) is 0.343. The Hall–Kier alpha value is -3.10. The van der Waals surface area contributed by atoms with Gasteiger partial charge in [0.25, 0.3) is 0 Å². The maximum Gasteiger partial charge on any atom is 0.211 e. The summed E-state index contributed by atoms with van der Waals surface area (Å²) in [5, 5.41) is 2.54. The molecular weight excluding hydrogens is 406 g/mol. The second kappa shape index (κ2) is 8.73. The van der Waals surface area contributed by atoms with Crippen LogP contribution >= 0.6 is 14.3 Å². The third-order valence-electron chi connectivity index (χ3n) is 4.84. The molecule has 4 aromatic rings. The van der Waals surface area contributed by atoms with Crippen molar-refractivity contribution in [1.82, 2.24) is 0 Å². The molecule has 0 radical (unpaired) electrons. The van der Waals surface area contributed by atoms with Crippen molar-refractivity contribution < 1.29 is 9.13 Å². The summed E-state index contributed by atoms with van der Waals surface area (Å²) in [7, 11) is -6.59. The molecule has 2 nitrogen and oxygen atoms in total. The average molecular weight is 426 g/mol. The second-order valence-electron chi connectivity index (χ2n) is 6.78. The molecule has 0 amide bonds. The highest BCUT2D eigenvalue weighted by molar-refractivity contribution is 7.86. The van der Waals surface area contributed by atoms with Crippen LogP contribution in [0.4, 0.5) is 0 Å². The van der Waals surface area contributed by atoms with E-state index < -0.39 is 14.3 Å². The first kappa shape index (κ1) is 20.2. The molecule has 0 aliphatic rings. The van der Waals surface area contributed by atoms with Gasteiger partial charge in [-0.05, 0) is 11.3 Å². The fraction of sp³-hybridized carbons (Fsp3) is 0. The van der Waals surface area contributed by atoms with Crippen molar-refractivity contribution in [3.8, 4) is 11.3 Å². The molecule has 4 aromatic carbocycles. The van der Waals surface area contributed by atoms with Crippen LogP contribution in [0, 0.1) is 11.3 Å². The Morgan fingerprint density at radius 1 is 0.367 bits per heavy atom. The topological polar surface area (TPSA) is 34.1 Å². The monoisotopic (exact) mass is 426 g/mol. The summed E-state index contributed by atoms with van der Waals surface area (Å²) in [6.45, 7) is 0. The van der Waals surface area contributed by atoms with E-state index in [1.165, 1.54) is 0 Å². The van der Waals surface area contributed by atoms with E-state index in [-0.39, 0.29) is 0 Å². The first-order valence-electron chi connectivity index (χ1n) is 9.60. The van der Waals surface area contributed by atoms with Crippen LogP contribution in [-0.4, -0.2) is 0 Å². The molecule has 0 saturated heterocycles. The second-order valence-corrected chi connectivity index (χ2v) is 11.7. The highest BCUT2D eigenvalue weighted by atomic mass is 31.2. The number of hydrogen-bond acceptors (Lipinski definition) is 2. The van der Waals surface area contributed by atoms with Crippen molar-refractivity contribution in [3.63, 3.8) is 0 Å². The fourth-order valence-corrected chi connectivity index (χ4v) is 7.86. The molecule has 0 spiro atoms. The number of hydrogen-bond donors (Lipinski definition) is 0. The lowest BCUT2D eigenvalue weighted by Gasteiger charge is -2.15. The van der Waals surface area contributed by atoms with Gasteiger partial charge in [0.1, 0.15) is 0 Å². The smallest absolute Gasteiger partial charge is 0.211 e. The van der Waals surface area contributed by atoms with Gasteiger partial charge in [-0.2, -0.15) is 0 Å². The fourth-order valence-electron chi connectivity index (χ4n) is 3.25. The van der Waals surface area contributed by atoms with E-state index in [4.69, 9.17) is 0 Å². The maximum atomic E-state index is 14.2. The van der Waals surface area contributed by atoms with E-state index in [1.807, 2.05) is 121 Å². The number of rotatable bonds is 4. The lowest BCUT2D eigenvalue weighted by atomic mass is 10.4. The summed E-state index contributed by atoms with van der Waals surface area (Å²) in [5.41, 5.74) is 6.02. The Morgan fingerprint density at radius 2 is 0.567 bits per heavy atom. The zero-order valence-corrected chi connectivity index (χ0v) is 18.0. The Morgan fingerprint density at radius 3 is 0.767 bits per heavy atom. The molecule has 0 saturated carbocycles. The third-order valence-corrected chi connectivity index (χ3v) is 9.98. The van der Waals surface area contributed by atoms with Gasteiger partial charge in [0, 0.05) is 21.2 Å². The Labute approximate surface area is 177 Å². The van der Waals surface area contributed by atoms with Crippen molar-refractivity contribution in [2.24, 2.45) is 0 Å². The minimum Gasteiger partial charge on any atom is -0.300 e. The van der Waals surface area contributed by atoms with E-state index in [9.17, 15) is 9.13 Å². The van der Waals surface area contributed by atoms with Crippen molar-refractivity contribution in [3.05, 3.63) is 121 Å². The summed E-state index contributed by atoms with van der Waals surface area (Å²) in [4.78, 5) is 0. The van der Waals surface area contributed by atoms with Gasteiger partial charge in [-0.15, -0.1) is 0 Å². The van der Waals surface area contributed by atoms with Gasteiger partial charge in [0.05, 0.1) is 0 Å². The van der Waals surface area contributed by atoms with Gasteiger partial charge in [-0.1, -0.05) is 121 Å². The molecule has 0 atom stereocenters. The van der Waals surface area contributed by atoms with Crippen LogP contribution in [0.25, 0.3) is 0 Å². The van der Waals surface area contributed by atoms with Crippen LogP contribution in [-0.2, 0) is 9.13 Å². The molecule has 0 N–H and O–H groups in total. The maximum absolute atomic E-state index is 14.2. The molecule has 4 heteroatoms. The molecule has 0 aromatic heterocycles. The molecule has 4 rings (SSSR count). The van der Waals surface area contributed by atoms with Gasteiger partial charge in [0.2, 0.25) is 14.3 Å². The summed E-state index contributed by atoms with van der Waals surface area (Å²) >= 11 is 0. The number of benzene rings is 4.